The van der Waals surface area contributed by atoms with E-state index in [1.165, 1.54) is 18.2 Å². The number of halogens is 1. The minimum absolute atomic E-state index is 0.0361. The molecule has 6 heteroatoms. The number of rotatable bonds is 4. The van der Waals surface area contributed by atoms with Crippen molar-refractivity contribution < 1.29 is 14.7 Å². The number of amides is 2. The van der Waals surface area contributed by atoms with E-state index in [0.717, 1.165) is 6.42 Å². The maximum Gasteiger partial charge on any atom is 0.335 e. The largest absolute Gasteiger partial charge is 0.478 e. The number of carboxylic acid groups (broad SMARTS) is 1. The molecule has 1 atom stereocenters. The molecule has 2 N–H and O–H groups in total. The Morgan fingerprint density at radius 2 is 2.05 bits per heavy atom. The van der Waals surface area contributed by atoms with Gasteiger partial charge in [-0.3, -0.25) is 0 Å². The molecule has 0 heterocycles. The zero-order valence-electron chi connectivity index (χ0n) is 11.1. The Balaban J connectivity index is 2.88. The summed E-state index contributed by atoms with van der Waals surface area (Å²) in [6.45, 7) is 3.91. The van der Waals surface area contributed by atoms with E-state index in [2.05, 4.69) is 5.32 Å². The van der Waals surface area contributed by atoms with Crippen LogP contribution in [0.2, 0.25) is 5.02 Å². The summed E-state index contributed by atoms with van der Waals surface area (Å²) in [5.41, 5.74) is 0.402. The Hall–Kier alpha value is -1.75. The maximum atomic E-state index is 11.9. The number of aromatic carboxylic acids is 1. The molecule has 5 nitrogen and oxygen atoms in total. The van der Waals surface area contributed by atoms with Crippen LogP contribution in [-0.2, 0) is 0 Å². The van der Waals surface area contributed by atoms with Crippen molar-refractivity contribution >= 4 is 29.3 Å². The van der Waals surface area contributed by atoms with Gasteiger partial charge in [0.05, 0.1) is 5.56 Å². The average molecular weight is 285 g/mol. The quantitative estimate of drug-likeness (QED) is 0.891. The molecule has 19 heavy (non-hydrogen) atoms. The summed E-state index contributed by atoms with van der Waals surface area (Å²) >= 11 is 5.82. The first-order chi connectivity index (χ1) is 8.85. The smallest absolute Gasteiger partial charge is 0.335 e. The fourth-order valence-corrected chi connectivity index (χ4v) is 1.71. The minimum atomic E-state index is -1.09. The molecule has 0 saturated heterocycles. The van der Waals surface area contributed by atoms with E-state index in [9.17, 15) is 9.59 Å². The molecule has 1 aromatic carbocycles. The van der Waals surface area contributed by atoms with Crippen molar-refractivity contribution in [2.24, 2.45) is 0 Å². The van der Waals surface area contributed by atoms with Crippen LogP contribution in [0.5, 0.6) is 0 Å². The van der Waals surface area contributed by atoms with Crippen molar-refractivity contribution in [3.05, 3.63) is 28.8 Å². The summed E-state index contributed by atoms with van der Waals surface area (Å²) < 4.78 is 0. The van der Waals surface area contributed by atoms with Crippen LogP contribution in [0.3, 0.4) is 0 Å². The molecule has 2 amide bonds. The van der Waals surface area contributed by atoms with Crippen LogP contribution in [-0.4, -0.2) is 35.1 Å². The van der Waals surface area contributed by atoms with Crippen LogP contribution >= 0.6 is 11.6 Å². The average Bonchev–Trinajstić information content (AvgIpc) is 2.35. The normalized spacial score (nSPS) is 11.8. The van der Waals surface area contributed by atoms with Crippen molar-refractivity contribution in [3.8, 4) is 0 Å². The van der Waals surface area contributed by atoms with Gasteiger partial charge < -0.3 is 15.3 Å². The van der Waals surface area contributed by atoms with Gasteiger partial charge in [-0.15, -0.1) is 0 Å². The van der Waals surface area contributed by atoms with Gasteiger partial charge >= 0.3 is 12.0 Å². The lowest BCUT2D eigenvalue weighted by molar-refractivity contribution is 0.0697. The number of anilines is 1. The summed E-state index contributed by atoms with van der Waals surface area (Å²) in [5.74, 6) is -1.09. The molecule has 0 bridgehead atoms. The number of urea groups is 1. The molecule has 0 fully saturated rings. The van der Waals surface area contributed by atoms with Crippen molar-refractivity contribution in [1.29, 1.82) is 0 Å². The van der Waals surface area contributed by atoms with Crippen LogP contribution in [0.15, 0.2) is 18.2 Å². The van der Waals surface area contributed by atoms with Crippen LogP contribution in [0.4, 0.5) is 10.5 Å². The second-order valence-electron chi connectivity index (χ2n) is 4.33. The van der Waals surface area contributed by atoms with E-state index in [0.29, 0.717) is 5.69 Å². The van der Waals surface area contributed by atoms with Crippen LogP contribution in [0.25, 0.3) is 0 Å². The second kappa shape index (κ2) is 6.43. The van der Waals surface area contributed by atoms with Gasteiger partial charge in [-0.25, -0.2) is 9.59 Å². The molecule has 1 rings (SSSR count). The second-order valence-corrected chi connectivity index (χ2v) is 4.77. The third-order valence-corrected chi connectivity index (χ3v) is 3.19. The number of carboxylic acids is 1. The molecule has 0 spiro atoms. The van der Waals surface area contributed by atoms with Gasteiger partial charge in [-0.2, -0.15) is 0 Å². The number of hydrogen-bond donors (Lipinski definition) is 2. The van der Waals surface area contributed by atoms with E-state index in [-0.39, 0.29) is 22.7 Å². The molecular weight excluding hydrogens is 268 g/mol. The number of nitrogens with one attached hydrogen (secondary N) is 1. The number of benzene rings is 1. The van der Waals surface area contributed by atoms with Gasteiger partial charge in [-0.05, 0) is 31.5 Å². The third-order valence-electron chi connectivity index (χ3n) is 2.97. The molecule has 0 radical (unpaired) electrons. The zero-order valence-corrected chi connectivity index (χ0v) is 11.9. The third kappa shape index (κ3) is 4.13. The van der Waals surface area contributed by atoms with Crippen molar-refractivity contribution in [1.82, 2.24) is 4.90 Å². The molecule has 104 valence electrons. The predicted octanol–water partition coefficient (Wildman–Crippen LogP) is 3.30. The molecule has 0 aliphatic carbocycles. The van der Waals surface area contributed by atoms with Crippen molar-refractivity contribution in [2.45, 2.75) is 26.3 Å². The van der Waals surface area contributed by atoms with E-state index >= 15 is 0 Å². The fraction of sp³-hybridized carbons (Fsp3) is 0.385. The molecule has 1 aromatic rings. The standard InChI is InChI=1S/C13H17ClN2O3/c1-4-8(2)16(3)13(19)15-11-6-9(12(17)18)5-10(14)7-11/h5-8H,4H2,1-3H3,(H,15,19)(H,17,18). The molecule has 0 aliphatic heterocycles. The first kappa shape index (κ1) is 15.3. The summed E-state index contributed by atoms with van der Waals surface area (Å²) in [4.78, 5) is 24.4. The summed E-state index contributed by atoms with van der Waals surface area (Å²) in [6, 6.07) is 4.01. The Bertz CT molecular complexity index is 491. The SMILES string of the molecule is CCC(C)N(C)C(=O)Nc1cc(Cl)cc(C(=O)O)c1. The van der Waals surface area contributed by atoms with E-state index in [1.54, 1.807) is 11.9 Å². The Morgan fingerprint density at radius 1 is 1.42 bits per heavy atom. The highest BCUT2D eigenvalue weighted by Crippen LogP contribution is 2.19. The van der Waals surface area contributed by atoms with E-state index < -0.39 is 5.97 Å². The predicted molar refractivity (Wildman–Crippen MR) is 74.9 cm³/mol. The molecule has 1 unspecified atom stereocenters. The number of carbonyl (C=O) groups is 2. The van der Waals surface area contributed by atoms with Gasteiger partial charge in [0.15, 0.2) is 0 Å². The van der Waals surface area contributed by atoms with Crippen LogP contribution < -0.4 is 5.32 Å². The lowest BCUT2D eigenvalue weighted by atomic mass is 10.2. The molecular formula is C13H17ClN2O3. The van der Waals surface area contributed by atoms with Crippen molar-refractivity contribution in [2.75, 3.05) is 12.4 Å². The molecule has 0 aliphatic rings. The highest BCUT2D eigenvalue weighted by atomic mass is 35.5. The molecule has 0 aromatic heterocycles. The lowest BCUT2D eigenvalue weighted by Crippen LogP contribution is -2.37. The first-order valence-electron chi connectivity index (χ1n) is 5.92. The lowest BCUT2D eigenvalue weighted by Gasteiger charge is -2.24. The Kier molecular flexibility index (Phi) is 5.18. The summed E-state index contributed by atoms with van der Waals surface area (Å²) in [7, 11) is 1.69. The monoisotopic (exact) mass is 284 g/mol. The first-order valence-corrected chi connectivity index (χ1v) is 6.30. The summed E-state index contributed by atoms with van der Waals surface area (Å²) in [6.07, 6.45) is 0.833. The zero-order chi connectivity index (χ0) is 14.6. The number of nitrogens with zero attached hydrogens (tertiary/aromatic N) is 1. The highest BCUT2D eigenvalue weighted by Gasteiger charge is 2.15. The van der Waals surface area contributed by atoms with Gasteiger partial charge in [0, 0.05) is 23.8 Å². The van der Waals surface area contributed by atoms with Gasteiger partial charge in [0.2, 0.25) is 0 Å². The van der Waals surface area contributed by atoms with E-state index in [1.807, 2.05) is 13.8 Å². The van der Waals surface area contributed by atoms with Gasteiger partial charge in [0.1, 0.15) is 0 Å². The Labute approximate surface area is 117 Å². The number of hydrogen-bond acceptors (Lipinski definition) is 2. The Morgan fingerprint density at radius 3 is 2.58 bits per heavy atom. The maximum absolute atomic E-state index is 11.9. The highest BCUT2D eigenvalue weighted by molar-refractivity contribution is 6.31. The topological polar surface area (TPSA) is 69.6 Å². The van der Waals surface area contributed by atoms with Gasteiger partial charge in [-0.1, -0.05) is 18.5 Å². The van der Waals surface area contributed by atoms with Crippen molar-refractivity contribution in [3.63, 3.8) is 0 Å². The summed E-state index contributed by atoms with van der Waals surface area (Å²) in [5, 5.41) is 11.8. The molecule has 0 saturated carbocycles. The number of carbonyl (C=O) groups excluding carboxylic acids is 1. The van der Waals surface area contributed by atoms with Crippen LogP contribution in [0, 0.1) is 0 Å². The van der Waals surface area contributed by atoms with Gasteiger partial charge in [0.25, 0.3) is 0 Å². The van der Waals surface area contributed by atoms with E-state index in [4.69, 9.17) is 16.7 Å². The van der Waals surface area contributed by atoms with Crippen LogP contribution in [0.1, 0.15) is 30.6 Å². The minimum Gasteiger partial charge on any atom is -0.478 e. The fourth-order valence-electron chi connectivity index (χ4n) is 1.47.